The monoisotopic (exact) mass is 672 g/mol. The summed E-state index contributed by atoms with van der Waals surface area (Å²) < 4.78 is 78.2. The number of phenols is 1. The number of halogens is 7. The first-order valence-corrected chi connectivity index (χ1v) is 14.7. The number of hydrogen-bond acceptors (Lipinski definition) is 6. The van der Waals surface area contributed by atoms with Crippen molar-refractivity contribution in [2.24, 2.45) is 17.8 Å². The van der Waals surface area contributed by atoms with Gasteiger partial charge in [-0.3, -0.25) is 24.1 Å². The molecule has 8 nitrogen and oxygen atoms in total. The average Bonchev–Trinajstić information content (AvgIpc) is 3.34. The number of allylic oxidation sites excluding steroid dienone is 2. The third kappa shape index (κ3) is 3.89. The Morgan fingerprint density at radius 2 is 1.53 bits per heavy atom. The Bertz CT molecular complexity index is 1730. The van der Waals surface area contributed by atoms with E-state index in [-0.39, 0.29) is 41.5 Å². The van der Waals surface area contributed by atoms with Crippen LogP contribution in [-0.2, 0) is 19.2 Å². The number of anilines is 1. The Kier molecular flexibility index (Phi) is 7.24. The average molecular weight is 673 g/mol. The molecular weight excluding hydrogens is 650 g/mol. The molecule has 2 aromatic carbocycles. The maximum absolute atomic E-state index is 15.1. The molecule has 3 fully saturated rings. The van der Waals surface area contributed by atoms with E-state index in [2.05, 4.69) is 0 Å². The van der Waals surface area contributed by atoms with Crippen molar-refractivity contribution in [3.05, 3.63) is 64.5 Å². The largest absolute Gasteiger partial charge is 0.504 e. The van der Waals surface area contributed by atoms with E-state index < -0.39 is 98.2 Å². The third-order valence-corrected chi connectivity index (χ3v) is 10.7. The standard InChI is InChI=1S/C30H23Cl2F5N2O6/c1-3-38-25(41)13-7-6-12-14(17(13)26(38)42)10-29(31)27(43)39(24-22(36)20(34)19(33)21(35)23(24)37)28(44)30(29,32)18(12)11-5-8-15(40)16(9-11)45-4-2/h5-6,8-9,13-14,17-18,40H,3-4,7,10H2,1-2H3. The van der Waals surface area contributed by atoms with Gasteiger partial charge in [0.25, 0.3) is 11.8 Å². The van der Waals surface area contributed by atoms with Crippen molar-refractivity contribution >= 4 is 52.5 Å². The number of benzene rings is 2. The first-order valence-electron chi connectivity index (χ1n) is 14.0. The molecule has 0 bridgehead atoms. The fraction of sp³-hybridized carbons (Fsp3) is 0.400. The van der Waals surface area contributed by atoms with Crippen LogP contribution in [0.25, 0.3) is 0 Å². The summed E-state index contributed by atoms with van der Waals surface area (Å²) in [5, 5.41) is 10.4. The van der Waals surface area contributed by atoms with Crippen molar-refractivity contribution < 1.29 is 51.0 Å². The molecule has 0 radical (unpaired) electrons. The summed E-state index contributed by atoms with van der Waals surface area (Å²) in [6.07, 6.45) is 1.04. The van der Waals surface area contributed by atoms with Crippen LogP contribution < -0.4 is 9.64 Å². The Balaban J connectivity index is 1.61. The summed E-state index contributed by atoms with van der Waals surface area (Å²) in [7, 11) is 0. The smallest absolute Gasteiger partial charge is 0.258 e. The number of amides is 4. The van der Waals surface area contributed by atoms with Crippen LogP contribution >= 0.6 is 23.2 Å². The minimum absolute atomic E-state index is 0.0379. The summed E-state index contributed by atoms with van der Waals surface area (Å²) in [6.45, 7) is 3.38. The highest BCUT2D eigenvalue weighted by atomic mass is 35.5. The number of likely N-dealkylation sites (tertiary alicyclic amines) is 1. The molecule has 2 aliphatic carbocycles. The number of nitrogens with zero attached hydrogens (tertiary/aromatic N) is 2. The summed E-state index contributed by atoms with van der Waals surface area (Å²) in [5.74, 6) is -21.1. The van der Waals surface area contributed by atoms with Gasteiger partial charge < -0.3 is 9.84 Å². The number of carbonyl (C=O) groups is 4. The van der Waals surface area contributed by atoms with Crippen molar-refractivity contribution in [2.45, 2.75) is 42.4 Å². The number of fused-ring (bicyclic) bond motifs is 4. The number of imide groups is 2. The molecule has 4 aliphatic rings. The lowest BCUT2D eigenvalue weighted by atomic mass is 9.56. The lowest BCUT2D eigenvalue weighted by Crippen LogP contribution is -2.60. The third-order valence-electron chi connectivity index (χ3n) is 9.25. The summed E-state index contributed by atoms with van der Waals surface area (Å²) in [4.78, 5) is 50.5. The van der Waals surface area contributed by atoms with Gasteiger partial charge in [-0.15, -0.1) is 23.2 Å². The quantitative estimate of drug-likeness (QED) is 0.119. The number of rotatable bonds is 5. The molecule has 6 atom stereocenters. The Hall–Kier alpha value is -3.71. The van der Waals surface area contributed by atoms with E-state index in [4.69, 9.17) is 27.9 Å². The van der Waals surface area contributed by atoms with Gasteiger partial charge in [0.1, 0.15) is 5.69 Å². The molecule has 6 unspecified atom stereocenters. The number of ether oxygens (including phenoxy) is 1. The van der Waals surface area contributed by atoms with E-state index in [1.807, 2.05) is 0 Å². The number of phenolic OH excluding ortho intramolecular Hbond substituents is 1. The van der Waals surface area contributed by atoms with Gasteiger partial charge in [0.05, 0.1) is 18.4 Å². The van der Waals surface area contributed by atoms with Crippen LogP contribution in [0, 0.1) is 46.8 Å². The molecule has 2 aliphatic heterocycles. The summed E-state index contributed by atoms with van der Waals surface area (Å²) >= 11 is 14.1. The lowest BCUT2D eigenvalue weighted by Gasteiger charge is -2.50. The molecular formula is C30H23Cl2F5N2O6. The van der Waals surface area contributed by atoms with Crippen LogP contribution in [0.15, 0.2) is 29.8 Å². The molecule has 1 N–H and O–H groups in total. The zero-order valence-corrected chi connectivity index (χ0v) is 25.0. The Labute approximate surface area is 262 Å². The molecule has 15 heteroatoms. The predicted octanol–water partition coefficient (Wildman–Crippen LogP) is 5.07. The molecule has 0 aromatic heterocycles. The molecule has 45 heavy (non-hydrogen) atoms. The minimum Gasteiger partial charge on any atom is -0.504 e. The van der Waals surface area contributed by atoms with Crippen molar-refractivity contribution in [1.29, 1.82) is 0 Å². The van der Waals surface area contributed by atoms with Crippen molar-refractivity contribution in [3.8, 4) is 11.5 Å². The summed E-state index contributed by atoms with van der Waals surface area (Å²) in [6, 6.07) is 3.84. The molecule has 1 saturated carbocycles. The van der Waals surface area contributed by atoms with E-state index in [0.29, 0.717) is 5.57 Å². The minimum atomic E-state index is -2.66. The molecule has 2 heterocycles. The van der Waals surface area contributed by atoms with E-state index in [1.54, 1.807) is 19.9 Å². The van der Waals surface area contributed by atoms with Crippen molar-refractivity contribution in [3.63, 3.8) is 0 Å². The van der Waals surface area contributed by atoms with Gasteiger partial charge >= 0.3 is 0 Å². The highest BCUT2D eigenvalue weighted by Gasteiger charge is 2.77. The number of aromatic hydroxyl groups is 1. The predicted molar refractivity (Wildman–Crippen MR) is 148 cm³/mol. The van der Waals surface area contributed by atoms with Crippen molar-refractivity contribution in [1.82, 2.24) is 4.90 Å². The first kappa shape index (κ1) is 31.3. The highest BCUT2D eigenvalue weighted by molar-refractivity contribution is 6.58. The van der Waals surface area contributed by atoms with Crippen LogP contribution in [0.3, 0.4) is 0 Å². The topological polar surface area (TPSA) is 104 Å². The van der Waals surface area contributed by atoms with Crippen LogP contribution in [0.5, 0.6) is 11.5 Å². The SMILES string of the molecule is CCOc1cc(C2C3=CCC4C(=O)N(CC)C(=O)C4C3CC3(Cl)C(=O)N(c4c(F)c(F)c(F)c(F)c4F)C(=O)C23Cl)ccc1O. The Morgan fingerprint density at radius 1 is 0.911 bits per heavy atom. The molecule has 6 rings (SSSR count). The van der Waals surface area contributed by atoms with Crippen LogP contribution in [0.2, 0.25) is 0 Å². The maximum atomic E-state index is 15.1. The zero-order chi connectivity index (χ0) is 32.9. The highest BCUT2D eigenvalue weighted by Crippen LogP contribution is 2.66. The van der Waals surface area contributed by atoms with Crippen molar-refractivity contribution in [2.75, 3.05) is 18.1 Å². The molecule has 2 aromatic rings. The van der Waals surface area contributed by atoms with Gasteiger partial charge in [-0.1, -0.05) is 17.7 Å². The summed E-state index contributed by atoms with van der Waals surface area (Å²) in [5.41, 5.74) is -1.43. The number of carbonyl (C=O) groups excluding carboxylic acids is 4. The molecule has 238 valence electrons. The van der Waals surface area contributed by atoms with E-state index >= 15 is 8.78 Å². The van der Waals surface area contributed by atoms with Crippen LogP contribution in [-0.4, -0.2) is 56.5 Å². The fourth-order valence-electron chi connectivity index (χ4n) is 7.30. The van der Waals surface area contributed by atoms with Gasteiger partial charge in [-0.2, -0.15) is 0 Å². The Morgan fingerprint density at radius 3 is 2.13 bits per heavy atom. The second-order valence-corrected chi connectivity index (χ2v) is 12.5. The van der Waals surface area contributed by atoms with Crippen LogP contribution in [0.4, 0.5) is 27.6 Å². The fourth-order valence-corrected chi connectivity index (χ4v) is 8.23. The van der Waals surface area contributed by atoms with E-state index in [1.165, 1.54) is 18.2 Å². The lowest BCUT2D eigenvalue weighted by molar-refractivity contribution is -0.140. The maximum Gasteiger partial charge on any atom is 0.258 e. The first-order chi connectivity index (χ1) is 21.2. The van der Waals surface area contributed by atoms with Gasteiger partial charge in [-0.05, 0) is 50.3 Å². The molecule has 4 amide bonds. The van der Waals surface area contributed by atoms with E-state index in [0.717, 1.165) is 4.90 Å². The number of hydrogen-bond donors (Lipinski definition) is 1. The van der Waals surface area contributed by atoms with Gasteiger partial charge in [0.15, 0.2) is 44.5 Å². The second-order valence-electron chi connectivity index (χ2n) is 11.3. The van der Waals surface area contributed by atoms with Gasteiger partial charge in [-0.25, -0.2) is 26.9 Å². The molecule has 0 spiro atoms. The van der Waals surface area contributed by atoms with E-state index in [9.17, 15) is 37.5 Å². The zero-order valence-electron chi connectivity index (χ0n) is 23.5. The van der Waals surface area contributed by atoms with Crippen LogP contribution in [0.1, 0.15) is 38.2 Å². The second kappa shape index (κ2) is 10.4. The van der Waals surface area contributed by atoms with Gasteiger partial charge in [0.2, 0.25) is 17.6 Å². The van der Waals surface area contributed by atoms with Gasteiger partial charge in [0, 0.05) is 12.5 Å². The molecule has 2 saturated heterocycles. The number of alkyl halides is 2. The normalized spacial score (nSPS) is 30.8.